The summed E-state index contributed by atoms with van der Waals surface area (Å²) in [6.07, 6.45) is 0.980. The van der Waals surface area contributed by atoms with Crippen LogP contribution in [-0.2, 0) is 19.5 Å². The summed E-state index contributed by atoms with van der Waals surface area (Å²) in [5.74, 6) is 0.274. The van der Waals surface area contributed by atoms with Crippen molar-refractivity contribution in [2.75, 3.05) is 6.54 Å². The number of nitrogens with one attached hydrogen (secondary N) is 1. The number of hydrogen-bond acceptors (Lipinski definition) is 3. The number of H-pyrrole nitrogens is 1. The average Bonchev–Trinajstić information content (AvgIpc) is 2.99. The summed E-state index contributed by atoms with van der Waals surface area (Å²) in [5.41, 5.74) is 5.71. The number of aromatic hydroxyl groups is 1. The fraction of sp³-hybridized carbons (Fsp3) is 0.211. The number of phenols is 1. The number of phenolic OH excluding ortho intramolecular Hbond substituents is 1. The molecule has 116 valence electrons. The Labute approximate surface area is 135 Å². The lowest BCUT2D eigenvalue weighted by Gasteiger charge is -2.27. The van der Waals surface area contributed by atoms with Crippen LogP contribution in [0.4, 0.5) is 0 Å². The predicted octanol–water partition coefficient (Wildman–Crippen LogP) is 3.34. The van der Waals surface area contributed by atoms with Crippen LogP contribution in [-0.4, -0.2) is 26.7 Å². The van der Waals surface area contributed by atoms with E-state index in [0.717, 1.165) is 37.3 Å². The molecule has 0 unspecified atom stereocenters. The molecule has 4 rings (SSSR count). The minimum absolute atomic E-state index is 0.274. The van der Waals surface area contributed by atoms with Crippen LogP contribution in [0.2, 0.25) is 0 Å². The molecule has 2 N–H and O–H groups in total. The lowest BCUT2D eigenvalue weighted by molar-refractivity contribution is 0.245. The van der Waals surface area contributed by atoms with E-state index in [9.17, 15) is 5.11 Å². The standard InChI is InChI=1S/C19H19N3O/c23-16-8-4-7-15(11-16)19-17-13-22(10-9-18(17)20-21-19)12-14-5-2-1-3-6-14/h1-8,11,23H,9-10,12-13H2,(H,20,21). The molecule has 2 aromatic carbocycles. The molecule has 0 spiro atoms. The van der Waals surface area contributed by atoms with Gasteiger partial charge >= 0.3 is 0 Å². The maximum Gasteiger partial charge on any atom is 0.116 e. The van der Waals surface area contributed by atoms with E-state index in [1.54, 1.807) is 12.1 Å². The lowest BCUT2D eigenvalue weighted by atomic mass is 10.0. The van der Waals surface area contributed by atoms with Gasteiger partial charge in [0.1, 0.15) is 5.75 Å². The molecular weight excluding hydrogens is 286 g/mol. The van der Waals surface area contributed by atoms with Gasteiger partial charge in [-0.25, -0.2) is 0 Å². The van der Waals surface area contributed by atoms with Gasteiger partial charge in [0.05, 0.1) is 5.69 Å². The fourth-order valence-electron chi connectivity index (χ4n) is 3.22. The van der Waals surface area contributed by atoms with E-state index in [0.29, 0.717) is 0 Å². The SMILES string of the molecule is Oc1cccc(-c2n[nH]c3c2CN(Cc2ccccc2)CC3)c1. The first-order valence-electron chi connectivity index (χ1n) is 7.91. The summed E-state index contributed by atoms with van der Waals surface area (Å²) < 4.78 is 0. The number of aromatic amines is 1. The molecule has 0 bridgehead atoms. The minimum Gasteiger partial charge on any atom is -0.508 e. The second-order valence-corrected chi connectivity index (χ2v) is 6.03. The summed E-state index contributed by atoms with van der Waals surface area (Å²) in [5, 5.41) is 17.4. The van der Waals surface area contributed by atoms with Gasteiger partial charge in [0.2, 0.25) is 0 Å². The Morgan fingerprint density at radius 3 is 2.78 bits per heavy atom. The molecule has 23 heavy (non-hydrogen) atoms. The topological polar surface area (TPSA) is 52.2 Å². The summed E-state index contributed by atoms with van der Waals surface area (Å²) >= 11 is 0. The highest BCUT2D eigenvalue weighted by atomic mass is 16.3. The van der Waals surface area contributed by atoms with Crippen LogP contribution in [0.25, 0.3) is 11.3 Å². The van der Waals surface area contributed by atoms with Crippen LogP contribution in [0.5, 0.6) is 5.75 Å². The summed E-state index contributed by atoms with van der Waals surface area (Å²) in [6, 6.07) is 17.9. The van der Waals surface area contributed by atoms with Crippen LogP contribution in [0, 0.1) is 0 Å². The molecule has 3 aromatic rings. The van der Waals surface area contributed by atoms with Crippen molar-refractivity contribution in [3.05, 3.63) is 71.4 Å². The Kier molecular flexibility index (Phi) is 3.60. The molecular formula is C19H19N3O. The molecule has 0 atom stereocenters. The van der Waals surface area contributed by atoms with E-state index in [-0.39, 0.29) is 5.75 Å². The monoisotopic (exact) mass is 305 g/mol. The van der Waals surface area contributed by atoms with Crippen molar-refractivity contribution < 1.29 is 5.11 Å². The molecule has 4 nitrogen and oxygen atoms in total. The molecule has 0 saturated carbocycles. The van der Waals surface area contributed by atoms with Crippen LogP contribution < -0.4 is 0 Å². The van der Waals surface area contributed by atoms with Crippen molar-refractivity contribution >= 4 is 0 Å². The Morgan fingerprint density at radius 1 is 1.09 bits per heavy atom. The van der Waals surface area contributed by atoms with Crippen LogP contribution >= 0.6 is 0 Å². The molecule has 0 saturated heterocycles. The van der Waals surface area contributed by atoms with Crippen molar-refractivity contribution in [3.63, 3.8) is 0 Å². The van der Waals surface area contributed by atoms with Gasteiger partial charge in [0, 0.05) is 42.9 Å². The predicted molar refractivity (Wildman–Crippen MR) is 89.9 cm³/mol. The van der Waals surface area contributed by atoms with Crippen molar-refractivity contribution in [2.45, 2.75) is 19.5 Å². The number of rotatable bonds is 3. The summed E-state index contributed by atoms with van der Waals surface area (Å²) in [7, 11) is 0. The third-order valence-corrected chi connectivity index (χ3v) is 4.38. The van der Waals surface area contributed by atoms with Crippen molar-refractivity contribution in [2.24, 2.45) is 0 Å². The normalized spacial score (nSPS) is 14.6. The fourth-order valence-corrected chi connectivity index (χ4v) is 3.22. The highest BCUT2D eigenvalue weighted by Gasteiger charge is 2.22. The van der Waals surface area contributed by atoms with E-state index in [4.69, 9.17) is 0 Å². The Balaban J connectivity index is 1.60. The van der Waals surface area contributed by atoms with Crippen molar-refractivity contribution in [1.29, 1.82) is 0 Å². The zero-order chi connectivity index (χ0) is 15.6. The van der Waals surface area contributed by atoms with Gasteiger partial charge < -0.3 is 5.11 Å². The summed E-state index contributed by atoms with van der Waals surface area (Å²) in [6.45, 7) is 2.86. The van der Waals surface area contributed by atoms with Gasteiger partial charge in [0.25, 0.3) is 0 Å². The zero-order valence-electron chi connectivity index (χ0n) is 12.9. The van der Waals surface area contributed by atoms with Gasteiger partial charge in [-0.2, -0.15) is 5.10 Å². The molecule has 0 aliphatic carbocycles. The minimum atomic E-state index is 0.274. The quantitative estimate of drug-likeness (QED) is 0.780. The van der Waals surface area contributed by atoms with Crippen LogP contribution in [0.15, 0.2) is 54.6 Å². The third kappa shape index (κ3) is 2.85. The van der Waals surface area contributed by atoms with E-state index in [1.165, 1.54) is 16.8 Å². The molecule has 1 aliphatic rings. The number of benzene rings is 2. The molecule has 1 aliphatic heterocycles. The molecule has 4 heteroatoms. The zero-order valence-corrected chi connectivity index (χ0v) is 12.9. The van der Waals surface area contributed by atoms with E-state index >= 15 is 0 Å². The smallest absolute Gasteiger partial charge is 0.116 e. The van der Waals surface area contributed by atoms with Crippen LogP contribution in [0.3, 0.4) is 0 Å². The Bertz CT molecular complexity index is 810. The maximum absolute atomic E-state index is 9.71. The number of aromatic nitrogens is 2. The van der Waals surface area contributed by atoms with Crippen LogP contribution in [0.1, 0.15) is 16.8 Å². The molecule has 0 radical (unpaired) electrons. The second kappa shape index (κ2) is 5.89. The van der Waals surface area contributed by atoms with E-state index < -0.39 is 0 Å². The van der Waals surface area contributed by atoms with Gasteiger partial charge in [-0.15, -0.1) is 0 Å². The Hall–Kier alpha value is -2.59. The molecule has 1 aromatic heterocycles. The lowest BCUT2D eigenvalue weighted by Crippen LogP contribution is -2.29. The third-order valence-electron chi connectivity index (χ3n) is 4.38. The number of fused-ring (bicyclic) bond motifs is 1. The van der Waals surface area contributed by atoms with Gasteiger partial charge in [-0.1, -0.05) is 42.5 Å². The second-order valence-electron chi connectivity index (χ2n) is 6.03. The Morgan fingerprint density at radius 2 is 1.96 bits per heavy atom. The largest absolute Gasteiger partial charge is 0.508 e. The van der Waals surface area contributed by atoms with Crippen molar-refractivity contribution in [1.82, 2.24) is 15.1 Å². The number of nitrogens with zero attached hydrogens (tertiary/aromatic N) is 2. The van der Waals surface area contributed by atoms with E-state index in [2.05, 4.69) is 39.4 Å². The molecule has 0 fully saturated rings. The highest BCUT2D eigenvalue weighted by molar-refractivity contribution is 5.65. The highest BCUT2D eigenvalue weighted by Crippen LogP contribution is 2.30. The number of hydrogen-bond donors (Lipinski definition) is 2. The van der Waals surface area contributed by atoms with Gasteiger partial charge in [-0.05, 0) is 17.7 Å². The first kappa shape index (κ1) is 14.0. The molecule has 0 amide bonds. The van der Waals surface area contributed by atoms with Gasteiger partial charge in [0.15, 0.2) is 0 Å². The van der Waals surface area contributed by atoms with E-state index in [1.807, 2.05) is 18.2 Å². The molecule has 2 heterocycles. The van der Waals surface area contributed by atoms with Gasteiger partial charge in [-0.3, -0.25) is 10.00 Å². The van der Waals surface area contributed by atoms with Crippen molar-refractivity contribution in [3.8, 4) is 17.0 Å². The first-order chi connectivity index (χ1) is 11.3. The first-order valence-corrected chi connectivity index (χ1v) is 7.91. The summed E-state index contributed by atoms with van der Waals surface area (Å²) in [4.78, 5) is 2.44. The average molecular weight is 305 g/mol. The maximum atomic E-state index is 9.71.